The van der Waals surface area contributed by atoms with Gasteiger partial charge in [-0.1, -0.05) is 12.1 Å². The van der Waals surface area contributed by atoms with Crippen LogP contribution in [0.25, 0.3) is 0 Å². The van der Waals surface area contributed by atoms with Crippen molar-refractivity contribution in [2.24, 2.45) is 0 Å². The fourth-order valence-corrected chi connectivity index (χ4v) is 4.08. The van der Waals surface area contributed by atoms with Gasteiger partial charge in [-0.15, -0.1) is 11.3 Å². The van der Waals surface area contributed by atoms with Crippen molar-refractivity contribution in [3.05, 3.63) is 74.7 Å². The van der Waals surface area contributed by atoms with Crippen molar-refractivity contribution < 1.29 is 14.1 Å². The highest BCUT2D eigenvalue weighted by molar-refractivity contribution is 7.15. The lowest BCUT2D eigenvalue weighted by Gasteiger charge is -2.25. The highest BCUT2D eigenvalue weighted by atomic mass is 32.1. The van der Waals surface area contributed by atoms with E-state index in [4.69, 9.17) is 4.42 Å². The number of fused-ring (bicyclic) bond motifs is 1. The zero-order valence-electron chi connectivity index (χ0n) is 14.3. The molecule has 9 heteroatoms. The molecule has 0 spiro atoms. The topological polar surface area (TPSA) is 102 Å². The van der Waals surface area contributed by atoms with Gasteiger partial charge in [-0.3, -0.25) is 25.1 Å². The van der Waals surface area contributed by atoms with Crippen LogP contribution in [0, 0.1) is 10.1 Å². The normalized spacial score (nSPS) is 13.9. The Morgan fingerprint density at radius 3 is 3.04 bits per heavy atom. The number of nitrogens with one attached hydrogen (secondary N) is 1. The van der Waals surface area contributed by atoms with Crippen molar-refractivity contribution in [2.75, 3.05) is 11.9 Å². The van der Waals surface area contributed by atoms with Gasteiger partial charge in [0.1, 0.15) is 0 Å². The summed E-state index contributed by atoms with van der Waals surface area (Å²) in [5.41, 5.74) is 2.00. The molecule has 0 saturated heterocycles. The number of nitro groups is 1. The summed E-state index contributed by atoms with van der Waals surface area (Å²) in [7, 11) is 0. The molecule has 27 heavy (non-hydrogen) atoms. The highest BCUT2D eigenvalue weighted by Crippen LogP contribution is 2.29. The monoisotopic (exact) mass is 384 g/mol. The molecule has 0 atom stereocenters. The molecule has 1 N–H and O–H groups in total. The number of rotatable bonds is 5. The number of carbonyl (C=O) groups is 1. The molecule has 4 rings (SSSR count). The molecule has 0 unspecified atom stereocenters. The third-order valence-electron chi connectivity index (χ3n) is 4.30. The second-order valence-electron chi connectivity index (χ2n) is 6.21. The summed E-state index contributed by atoms with van der Waals surface area (Å²) in [5, 5.41) is 14.3. The molecule has 3 heterocycles. The molecule has 8 nitrogen and oxygen atoms in total. The van der Waals surface area contributed by atoms with Crippen molar-refractivity contribution in [3.8, 4) is 0 Å². The minimum absolute atomic E-state index is 0.103. The first kappa shape index (κ1) is 17.4. The fourth-order valence-electron chi connectivity index (χ4n) is 3.03. The predicted octanol–water partition coefficient (Wildman–Crippen LogP) is 3.45. The number of nitrogens with zero attached hydrogens (tertiary/aromatic N) is 3. The first-order valence-electron chi connectivity index (χ1n) is 8.37. The lowest BCUT2D eigenvalue weighted by atomic mass is 10.1. The molecule has 0 bridgehead atoms. The van der Waals surface area contributed by atoms with Crippen LogP contribution in [0.5, 0.6) is 0 Å². The number of benzene rings is 1. The molecular weight excluding hydrogens is 368 g/mol. The number of hydrogen-bond acceptors (Lipinski definition) is 7. The molecule has 0 aliphatic carbocycles. The van der Waals surface area contributed by atoms with Crippen molar-refractivity contribution in [3.63, 3.8) is 0 Å². The van der Waals surface area contributed by atoms with E-state index in [1.165, 1.54) is 23.7 Å². The summed E-state index contributed by atoms with van der Waals surface area (Å²) in [5.74, 6) is -0.0741. The molecular formula is C18H16N4O4S. The van der Waals surface area contributed by atoms with E-state index >= 15 is 0 Å². The average molecular weight is 384 g/mol. The third-order valence-corrected chi connectivity index (χ3v) is 5.30. The fraction of sp³-hybridized carbons (Fsp3) is 0.222. The number of thiazole rings is 1. The number of furan rings is 1. The first-order valence-corrected chi connectivity index (χ1v) is 9.19. The smallest absolute Gasteiger partial charge is 0.293 e. The van der Waals surface area contributed by atoms with Gasteiger partial charge < -0.3 is 4.42 Å². The zero-order chi connectivity index (χ0) is 18.8. The van der Waals surface area contributed by atoms with E-state index in [2.05, 4.69) is 15.2 Å². The number of nitro benzene ring substituents is 1. The van der Waals surface area contributed by atoms with Crippen LogP contribution in [-0.2, 0) is 19.5 Å². The van der Waals surface area contributed by atoms with Crippen LogP contribution in [0.1, 0.15) is 26.7 Å². The molecule has 1 aliphatic heterocycles. The lowest BCUT2D eigenvalue weighted by Crippen LogP contribution is -2.29. The van der Waals surface area contributed by atoms with Crippen LogP contribution < -0.4 is 5.32 Å². The van der Waals surface area contributed by atoms with Crippen LogP contribution in [0.3, 0.4) is 0 Å². The molecule has 1 aromatic carbocycles. The van der Waals surface area contributed by atoms with Gasteiger partial charge in [-0.25, -0.2) is 4.98 Å². The number of hydrogen-bond donors (Lipinski definition) is 1. The third kappa shape index (κ3) is 3.88. The van der Waals surface area contributed by atoms with Gasteiger partial charge in [-0.05, 0) is 17.7 Å². The standard InChI is InChI=1S/C18H16N4O4S/c23-17(15-5-2-8-26-15)20-18-19-14-6-7-21(11-16(14)27-18)10-12-3-1-4-13(9-12)22(24)25/h1-5,8-9H,6-7,10-11H2,(H,19,20,23). The molecule has 0 fully saturated rings. The Hall–Kier alpha value is -3.04. The van der Waals surface area contributed by atoms with Crippen LogP contribution in [0.2, 0.25) is 0 Å². The van der Waals surface area contributed by atoms with Gasteiger partial charge in [0.15, 0.2) is 10.9 Å². The Balaban J connectivity index is 1.43. The van der Waals surface area contributed by atoms with Gasteiger partial charge in [-0.2, -0.15) is 0 Å². The van der Waals surface area contributed by atoms with Gasteiger partial charge in [0.05, 0.1) is 16.9 Å². The van der Waals surface area contributed by atoms with E-state index in [1.807, 2.05) is 6.07 Å². The summed E-state index contributed by atoms with van der Waals surface area (Å²) >= 11 is 1.45. The van der Waals surface area contributed by atoms with Crippen molar-refractivity contribution in [1.82, 2.24) is 9.88 Å². The Kier molecular flexibility index (Phi) is 4.69. The maximum absolute atomic E-state index is 12.1. The largest absolute Gasteiger partial charge is 0.459 e. The van der Waals surface area contributed by atoms with E-state index < -0.39 is 0 Å². The molecule has 2 aromatic heterocycles. The maximum atomic E-state index is 12.1. The lowest BCUT2D eigenvalue weighted by molar-refractivity contribution is -0.384. The summed E-state index contributed by atoms with van der Waals surface area (Å²) in [6.45, 7) is 2.14. The summed E-state index contributed by atoms with van der Waals surface area (Å²) < 4.78 is 5.09. The SMILES string of the molecule is O=C(Nc1nc2c(s1)CN(Cc1cccc([N+](=O)[O-])c1)CC2)c1ccco1. The molecule has 1 amide bonds. The minimum atomic E-state index is -0.380. The van der Waals surface area contributed by atoms with E-state index in [-0.39, 0.29) is 22.3 Å². The van der Waals surface area contributed by atoms with Crippen LogP contribution in [-0.4, -0.2) is 27.3 Å². The average Bonchev–Trinajstić information content (AvgIpc) is 3.31. The van der Waals surface area contributed by atoms with Crippen LogP contribution in [0.15, 0.2) is 47.1 Å². The predicted molar refractivity (Wildman–Crippen MR) is 99.7 cm³/mol. The maximum Gasteiger partial charge on any atom is 0.293 e. The molecule has 138 valence electrons. The van der Waals surface area contributed by atoms with E-state index in [1.54, 1.807) is 24.3 Å². The molecule has 3 aromatic rings. The second-order valence-corrected chi connectivity index (χ2v) is 7.29. The summed E-state index contributed by atoms with van der Waals surface area (Å²) in [6.07, 6.45) is 2.23. The number of anilines is 1. The van der Waals surface area contributed by atoms with Crippen LogP contribution >= 0.6 is 11.3 Å². The van der Waals surface area contributed by atoms with Crippen LogP contribution in [0.4, 0.5) is 10.8 Å². The number of amides is 1. The van der Waals surface area contributed by atoms with Gasteiger partial charge in [0, 0.05) is 43.1 Å². The van der Waals surface area contributed by atoms with E-state index in [0.29, 0.717) is 18.2 Å². The quantitative estimate of drug-likeness (QED) is 0.534. The van der Waals surface area contributed by atoms with Gasteiger partial charge in [0.2, 0.25) is 0 Å². The van der Waals surface area contributed by atoms with Crippen molar-refractivity contribution in [1.29, 1.82) is 0 Å². The Labute approximate surface area is 158 Å². The van der Waals surface area contributed by atoms with Gasteiger partial charge >= 0.3 is 0 Å². The Morgan fingerprint density at radius 2 is 2.26 bits per heavy atom. The minimum Gasteiger partial charge on any atom is -0.459 e. The van der Waals surface area contributed by atoms with E-state index in [9.17, 15) is 14.9 Å². The summed E-state index contributed by atoms with van der Waals surface area (Å²) in [4.78, 5) is 30.5. The van der Waals surface area contributed by atoms with E-state index in [0.717, 1.165) is 29.1 Å². The van der Waals surface area contributed by atoms with Crippen molar-refractivity contribution in [2.45, 2.75) is 19.5 Å². The van der Waals surface area contributed by atoms with Gasteiger partial charge in [0.25, 0.3) is 11.6 Å². The second kappa shape index (κ2) is 7.29. The molecule has 0 radical (unpaired) electrons. The molecule has 1 aliphatic rings. The van der Waals surface area contributed by atoms with Crippen molar-refractivity contribution >= 4 is 28.1 Å². The number of non-ortho nitro benzene ring substituents is 1. The number of carbonyl (C=O) groups excluding carboxylic acids is 1. The zero-order valence-corrected chi connectivity index (χ0v) is 15.1. The summed E-state index contributed by atoms with van der Waals surface area (Å²) in [6, 6.07) is 9.96. The first-order chi connectivity index (χ1) is 13.1. The Bertz CT molecular complexity index is 983. The molecule has 0 saturated carbocycles. The Morgan fingerprint density at radius 1 is 1.37 bits per heavy atom. The highest BCUT2D eigenvalue weighted by Gasteiger charge is 2.22. The number of aromatic nitrogens is 1.